The van der Waals surface area contributed by atoms with E-state index in [2.05, 4.69) is 11.1 Å². The molecule has 0 saturated heterocycles. The molecule has 0 atom stereocenters. The van der Waals surface area contributed by atoms with E-state index < -0.39 is 5.60 Å². The number of pyridine rings is 1. The minimum atomic E-state index is -0.801. The fourth-order valence-electron chi connectivity index (χ4n) is 0.659. The van der Waals surface area contributed by atoms with Gasteiger partial charge in [-0.2, -0.15) is 0 Å². The molecule has 0 amide bonds. The summed E-state index contributed by atoms with van der Waals surface area (Å²) in [6.45, 7) is 3.44. The first-order chi connectivity index (χ1) is 4.61. The van der Waals surface area contributed by atoms with E-state index >= 15 is 0 Å². The van der Waals surface area contributed by atoms with Crippen molar-refractivity contribution in [3.63, 3.8) is 0 Å². The molecule has 53 valence electrons. The van der Waals surface area contributed by atoms with Crippen LogP contribution in [0.4, 0.5) is 0 Å². The van der Waals surface area contributed by atoms with Crippen molar-refractivity contribution in [3.05, 3.63) is 30.1 Å². The molecule has 1 aromatic heterocycles. The van der Waals surface area contributed by atoms with E-state index in [9.17, 15) is 5.11 Å². The summed E-state index contributed by atoms with van der Waals surface area (Å²) >= 11 is 0. The Balaban J connectivity index is 2.97. The third kappa shape index (κ3) is 1.54. The Bertz CT molecular complexity index is 200. The van der Waals surface area contributed by atoms with Crippen molar-refractivity contribution in [1.82, 2.24) is 4.98 Å². The third-order valence-corrected chi connectivity index (χ3v) is 1.31. The second-order valence-electron chi connectivity index (χ2n) is 2.73. The van der Waals surface area contributed by atoms with E-state index in [0.717, 1.165) is 5.56 Å². The van der Waals surface area contributed by atoms with Crippen LogP contribution in [0.3, 0.4) is 0 Å². The number of aliphatic hydroxyl groups is 1. The molecule has 0 saturated carbocycles. The summed E-state index contributed by atoms with van der Waals surface area (Å²) in [6, 6.07) is 4.53. The van der Waals surface area contributed by atoms with Crippen molar-refractivity contribution >= 4 is 0 Å². The van der Waals surface area contributed by atoms with Crippen molar-refractivity contribution in [1.29, 1.82) is 0 Å². The van der Waals surface area contributed by atoms with Gasteiger partial charge in [0.25, 0.3) is 0 Å². The van der Waals surface area contributed by atoms with Crippen molar-refractivity contribution in [2.45, 2.75) is 19.4 Å². The maximum Gasteiger partial charge on any atom is 0.0855 e. The zero-order valence-electron chi connectivity index (χ0n) is 6.13. The molecule has 1 aromatic rings. The van der Waals surface area contributed by atoms with Gasteiger partial charge in [-0.25, -0.2) is 0 Å². The monoisotopic (exact) mass is 136 g/mol. The van der Waals surface area contributed by atoms with Crippen LogP contribution in [0.15, 0.2) is 18.5 Å². The Hall–Kier alpha value is -0.890. The fraction of sp³-hybridized carbons (Fsp3) is 0.375. The van der Waals surface area contributed by atoms with Crippen LogP contribution in [0.1, 0.15) is 19.4 Å². The maximum atomic E-state index is 9.43. The first kappa shape index (κ1) is 7.22. The molecule has 0 bridgehead atoms. The van der Waals surface area contributed by atoms with Gasteiger partial charge in [-0.05, 0) is 19.9 Å². The van der Waals surface area contributed by atoms with Crippen LogP contribution in [0.25, 0.3) is 0 Å². The van der Waals surface area contributed by atoms with Crippen LogP contribution >= 0.6 is 0 Å². The fourth-order valence-corrected chi connectivity index (χ4v) is 0.659. The zero-order chi connectivity index (χ0) is 7.61. The van der Waals surface area contributed by atoms with E-state index in [1.807, 2.05) is 0 Å². The molecule has 1 rings (SSSR count). The lowest BCUT2D eigenvalue weighted by Crippen LogP contribution is -2.15. The van der Waals surface area contributed by atoms with Gasteiger partial charge < -0.3 is 5.11 Å². The molecule has 0 unspecified atom stereocenters. The summed E-state index contributed by atoms with van der Waals surface area (Å²) < 4.78 is 0. The van der Waals surface area contributed by atoms with Gasteiger partial charge in [0.2, 0.25) is 0 Å². The number of hydrogen-bond acceptors (Lipinski definition) is 2. The summed E-state index contributed by atoms with van der Waals surface area (Å²) in [5.41, 5.74) is -0.0138. The summed E-state index contributed by atoms with van der Waals surface area (Å²) in [7, 11) is 0. The first-order valence-corrected chi connectivity index (χ1v) is 3.14. The van der Waals surface area contributed by atoms with Crippen molar-refractivity contribution in [3.8, 4) is 0 Å². The quantitative estimate of drug-likeness (QED) is 0.627. The predicted molar refractivity (Wildman–Crippen MR) is 38.3 cm³/mol. The van der Waals surface area contributed by atoms with E-state index in [-0.39, 0.29) is 0 Å². The van der Waals surface area contributed by atoms with Crippen LogP contribution < -0.4 is 0 Å². The van der Waals surface area contributed by atoms with E-state index in [1.165, 1.54) is 0 Å². The molecule has 0 aliphatic carbocycles. The lowest BCUT2D eigenvalue weighted by molar-refractivity contribution is 0.0782. The lowest BCUT2D eigenvalue weighted by Gasteiger charge is -2.15. The molecule has 1 N–H and O–H groups in total. The van der Waals surface area contributed by atoms with Gasteiger partial charge in [0, 0.05) is 24.0 Å². The number of nitrogens with zero attached hydrogens (tertiary/aromatic N) is 1. The number of hydrogen-bond donors (Lipinski definition) is 1. The third-order valence-electron chi connectivity index (χ3n) is 1.31. The molecule has 2 heteroatoms. The Morgan fingerprint density at radius 3 is 2.60 bits per heavy atom. The average Bonchev–Trinajstić information content (AvgIpc) is 1.88. The minimum Gasteiger partial charge on any atom is -0.386 e. The highest BCUT2D eigenvalue weighted by atomic mass is 16.3. The normalized spacial score (nSPS) is 11.5. The first-order valence-electron chi connectivity index (χ1n) is 3.14. The Labute approximate surface area is 60.5 Å². The topological polar surface area (TPSA) is 33.1 Å². The van der Waals surface area contributed by atoms with Gasteiger partial charge in [-0.15, -0.1) is 0 Å². The second-order valence-corrected chi connectivity index (χ2v) is 2.73. The van der Waals surface area contributed by atoms with Crippen LogP contribution in [0, 0.1) is 6.07 Å². The standard InChI is InChI=1S/C8H10NO/c1-8(2,10)7-4-3-5-9-6-7/h4-6,10H,1-2H3. The van der Waals surface area contributed by atoms with E-state index in [1.54, 1.807) is 32.3 Å². The predicted octanol–water partition coefficient (Wildman–Crippen LogP) is 1.11. The van der Waals surface area contributed by atoms with E-state index in [0.29, 0.717) is 0 Å². The zero-order valence-corrected chi connectivity index (χ0v) is 6.13. The molecular weight excluding hydrogens is 126 g/mol. The van der Waals surface area contributed by atoms with Crippen molar-refractivity contribution < 1.29 is 5.11 Å². The number of aromatic nitrogens is 1. The molecular formula is C8H10NO. The Morgan fingerprint density at radius 1 is 1.60 bits per heavy atom. The smallest absolute Gasteiger partial charge is 0.0855 e. The van der Waals surface area contributed by atoms with E-state index in [4.69, 9.17) is 0 Å². The number of rotatable bonds is 1. The molecule has 0 fully saturated rings. The van der Waals surface area contributed by atoms with Gasteiger partial charge in [0.1, 0.15) is 0 Å². The molecule has 0 spiro atoms. The Kier molecular flexibility index (Phi) is 1.72. The second kappa shape index (κ2) is 2.39. The average molecular weight is 136 g/mol. The van der Waals surface area contributed by atoms with Crippen LogP contribution in [0.2, 0.25) is 0 Å². The molecule has 10 heavy (non-hydrogen) atoms. The van der Waals surface area contributed by atoms with Crippen LogP contribution in [0.5, 0.6) is 0 Å². The minimum absolute atomic E-state index is 0.787. The summed E-state index contributed by atoms with van der Waals surface area (Å²) in [6.07, 6.45) is 3.20. The largest absolute Gasteiger partial charge is 0.386 e. The van der Waals surface area contributed by atoms with Gasteiger partial charge in [-0.1, -0.05) is 0 Å². The molecule has 2 nitrogen and oxygen atoms in total. The lowest BCUT2D eigenvalue weighted by atomic mass is 10.0. The Morgan fingerprint density at radius 2 is 2.30 bits per heavy atom. The van der Waals surface area contributed by atoms with Crippen molar-refractivity contribution in [2.24, 2.45) is 0 Å². The molecule has 0 aliphatic heterocycles. The molecule has 0 aliphatic rings. The highest BCUT2D eigenvalue weighted by Gasteiger charge is 2.14. The van der Waals surface area contributed by atoms with Gasteiger partial charge in [0.15, 0.2) is 0 Å². The highest BCUT2D eigenvalue weighted by molar-refractivity contribution is 5.14. The SMILES string of the molecule is CC(C)(O)c1c[c]cnc1. The summed E-state index contributed by atoms with van der Waals surface area (Å²) in [5.74, 6) is 0. The van der Waals surface area contributed by atoms with Crippen LogP contribution in [-0.2, 0) is 5.60 Å². The molecule has 0 aromatic carbocycles. The van der Waals surface area contributed by atoms with Gasteiger partial charge in [0.05, 0.1) is 5.60 Å². The summed E-state index contributed by atoms with van der Waals surface area (Å²) in [5, 5.41) is 9.43. The highest BCUT2D eigenvalue weighted by Crippen LogP contribution is 2.16. The summed E-state index contributed by atoms with van der Waals surface area (Å²) in [4.78, 5) is 3.84. The van der Waals surface area contributed by atoms with Crippen molar-refractivity contribution in [2.75, 3.05) is 0 Å². The van der Waals surface area contributed by atoms with Gasteiger partial charge in [-0.3, -0.25) is 4.98 Å². The molecule has 1 radical (unpaired) electrons. The van der Waals surface area contributed by atoms with Crippen LogP contribution in [-0.4, -0.2) is 10.1 Å². The maximum absolute atomic E-state index is 9.43. The molecule has 1 heterocycles. The van der Waals surface area contributed by atoms with Gasteiger partial charge >= 0.3 is 0 Å².